The molecule has 1 saturated heterocycles. The van der Waals surface area contributed by atoms with E-state index < -0.39 is 11.6 Å². The molecule has 5 nitrogen and oxygen atoms in total. The smallest absolute Gasteiger partial charge is 0.232 e. The molecule has 0 spiro atoms. The summed E-state index contributed by atoms with van der Waals surface area (Å²) in [6, 6.07) is 5.43. The van der Waals surface area contributed by atoms with Crippen molar-refractivity contribution in [1.82, 2.24) is 9.88 Å². The summed E-state index contributed by atoms with van der Waals surface area (Å²) in [6.07, 6.45) is 2.73. The van der Waals surface area contributed by atoms with Crippen LogP contribution in [-0.4, -0.2) is 29.5 Å². The van der Waals surface area contributed by atoms with Gasteiger partial charge in [0.2, 0.25) is 11.6 Å². The molecule has 1 aromatic heterocycles. The maximum atomic E-state index is 14.4. The van der Waals surface area contributed by atoms with Crippen molar-refractivity contribution in [2.24, 2.45) is 5.92 Å². The zero-order chi connectivity index (χ0) is 19.4. The first-order valence-corrected chi connectivity index (χ1v) is 9.30. The molecular formula is C20H24F2N4O. The van der Waals surface area contributed by atoms with Gasteiger partial charge in [-0.25, -0.2) is 13.8 Å². The fourth-order valence-electron chi connectivity index (χ4n) is 3.45. The Hall–Kier alpha value is -2.46. The minimum Gasteiger partial charge on any atom is -0.424 e. The second-order valence-corrected chi connectivity index (χ2v) is 7.30. The third-order valence-electron chi connectivity index (χ3n) is 4.72. The van der Waals surface area contributed by atoms with Crippen LogP contribution in [0.2, 0.25) is 0 Å². The molecule has 1 N–H and O–H groups in total. The Balaban J connectivity index is 1.81. The van der Waals surface area contributed by atoms with Crippen LogP contribution in [0, 0.1) is 28.9 Å². The SMILES string of the molecule is CC(C)Cc1nc(C#N)c(NC[C@@H](c2ccc(F)cc2F)N2CCCC2)o1. The van der Waals surface area contributed by atoms with E-state index in [1.165, 1.54) is 12.1 Å². The predicted molar refractivity (Wildman–Crippen MR) is 98.2 cm³/mol. The molecular weight excluding hydrogens is 350 g/mol. The molecule has 7 heteroatoms. The number of nitrogens with zero attached hydrogens (tertiary/aromatic N) is 3. The summed E-state index contributed by atoms with van der Waals surface area (Å²) < 4.78 is 33.4. The largest absolute Gasteiger partial charge is 0.424 e. The monoisotopic (exact) mass is 374 g/mol. The fourth-order valence-corrected chi connectivity index (χ4v) is 3.45. The number of aromatic nitrogens is 1. The van der Waals surface area contributed by atoms with Crippen LogP contribution in [0.3, 0.4) is 0 Å². The molecule has 0 bridgehead atoms. The Morgan fingerprint density at radius 2 is 2.04 bits per heavy atom. The van der Waals surface area contributed by atoms with Gasteiger partial charge in [0.05, 0.1) is 6.04 Å². The van der Waals surface area contributed by atoms with Crippen molar-refractivity contribution in [3.63, 3.8) is 0 Å². The van der Waals surface area contributed by atoms with Gasteiger partial charge in [-0.2, -0.15) is 5.26 Å². The number of hydrogen-bond donors (Lipinski definition) is 1. The van der Waals surface area contributed by atoms with Gasteiger partial charge >= 0.3 is 0 Å². The summed E-state index contributed by atoms with van der Waals surface area (Å²) in [5.74, 6) is 0.0142. The topological polar surface area (TPSA) is 65.1 Å². The number of likely N-dealkylation sites (tertiary alicyclic amines) is 1. The Morgan fingerprint density at radius 1 is 1.30 bits per heavy atom. The number of nitrogens with one attached hydrogen (secondary N) is 1. The first kappa shape index (κ1) is 19.3. The lowest BCUT2D eigenvalue weighted by Crippen LogP contribution is -2.31. The highest BCUT2D eigenvalue weighted by Crippen LogP contribution is 2.29. The van der Waals surface area contributed by atoms with Gasteiger partial charge in [0, 0.05) is 24.6 Å². The van der Waals surface area contributed by atoms with Gasteiger partial charge in [-0.15, -0.1) is 0 Å². The van der Waals surface area contributed by atoms with Gasteiger partial charge in [0.15, 0.2) is 5.89 Å². The number of rotatable bonds is 7. The molecule has 0 aliphatic carbocycles. The molecule has 1 aromatic carbocycles. The fraction of sp³-hybridized carbons (Fsp3) is 0.500. The van der Waals surface area contributed by atoms with Crippen LogP contribution in [0.15, 0.2) is 22.6 Å². The van der Waals surface area contributed by atoms with Crippen molar-refractivity contribution in [2.45, 2.75) is 39.2 Å². The number of halogens is 2. The van der Waals surface area contributed by atoms with Crippen LogP contribution in [0.5, 0.6) is 0 Å². The minimum absolute atomic E-state index is 0.199. The molecule has 3 rings (SSSR count). The molecule has 144 valence electrons. The molecule has 1 aliphatic heterocycles. The van der Waals surface area contributed by atoms with E-state index in [1.807, 2.05) is 19.9 Å². The molecule has 0 unspecified atom stereocenters. The van der Waals surface area contributed by atoms with E-state index in [4.69, 9.17) is 4.42 Å². The lowest BCUT2D eigenvalue weighted by Gasteiger charge is -2.28. The second-order valence-electron chi connectivity index (χ2n) is 7.30. The summed E-state index contributed by atoms with van der Waals surface area (Å²) in [5, 5.41) is 12.4. The van der Waals surface area contributed by atoms with Crippen molar-refractivity contribution in [3.8, 4) is 6.07 Å². The molecule has 1 aliphatic rings. The van der Waals surface area contributed by atoms with Crippen LogP contribution in [0.4, 0.5) is 14.7 Å². The van der Waals surface area contributed by atoms with Gasteiger partial charge in [-0.05, 0) is 37.9 Å². The van der Waals surface area contributed by atoms with Gasteiger partial charge in [-0.3, -0.25) is 4.90 Å². The van der Waals surface area contributed by atoms with Crippen LogP contribution in [-0.2, 0) is 6.42 Å². The standard InChI is InChI=1S/C20H24F2N4O/c1-13(2)9-19-25-17(11-23)20(27-19)24-12-18(26-7-3-4-8-26)15-6-5-14(21)10-16(15)22/h5-6,10,13,18,24H,3-4,7-9,12H2,1-2H3/t18-/m0/s1. The third-order valence-corrected chi connectivity index (χ3v) is 4.72. The quantitative estimate of drug-likeness (QED) is 0.784. The van der Waals surface area contributed by atoms with E-state index >= 15 is 0 Å². The van der Waals surface area contributed by atoms with Gasteiger partial charge in [0.25, 0.3) is 0 Å². The predicted octanol–water partition coefficient (Wildman–Crippen LogP) is 4.27. The highest BCUT2D eigenvalue weighted by Gasteiger charge is 2.27. The lowest BCUT2D eigenvalue weighted by atomic mass is 10.0. The second kappa shape index (κ2) is 8.49. The number of hydrogen-bond acceptors (Lipinski definition) is 5. The van der Waals surface area contributed by atoms with Crippen molar-refractivity contribution < 1.29 is 13.2 Å². The Kier molecular flexibility index (Phi) is 6.07. The molecule has 27 heavy (non-hydrogen) atoms. The zero-order valence-electron chi connectivity index (χ0n) is 15.6. The van der Waals surface area contributed by atoms with Gasteiger partial charge < -0.3 is 9.73 Å². The highest BCUT2D eigenvalue weighted by molar-refractivity contribution is 5.45. The van der Waals surface area contributed by atoms with Crippen LogP contribution >= 0.6 is 0 Å². The van der Waals surface area contributed by atoms with E-state index in [1.54, 1.807) is 0 Å². The Morgan fingerprint density at radius 3 is 2.67 bits per heavy atom. The number of oxazole rings is 1. The Labute approximate surface area is 158 Å². The molecule has 1 atom stereocenters. The minimum atomic E-state index is -0.593. The van der Waals surface area contributed by atoms with Crippen molar-refractivity contribution >= 4 is 5.88 Å². The summed E-state index contributed by atoms with van der Waals surface area (Å²) in [6.45, 7) is 6.13. The highest BCUT2D eigenvalue weighted by atomic mass is 19.1. The summed E-state index contributed by atoms with van der Waals surface area (Å²) in [4.78, 5) is 6.39. The van der Waals surface area contributed by atoms with Crippen LogP contribution in [0.1, 0.15) is 49.9 Å². The Bertz CT molecular complexity index is 822. The maximum absolute atomic E-state index is 14.4. The zero-order valence-corrected chi connectivity index (χ0v) is 15.6. The molecule has 0 amide bonds. The van der Waals surface area contributed by atoms with Crippen LogP contribution < -0.4 is 5.32 Å². The normalized spacial score (nSPS) is 15.9. The summed E-state index contributed by atoms with van der Waals surface area (Å²) in [5.41, 5.74) is 0.636. The lowest BCUT2D eigenvalue weighted by molar-refractivity contribution is 0.249. The van der Waals surface area contributed by atoms with Crippen LogP contribution in [0.25, 0.3) is 0 Å². The summed E-state index contributed by atoms with van der Waals surface area (Å²) in [7, 11) is 0. The van der Waals surface area contributed by atoms with Crippen molar-refractivity contribution in [2.75, 3.05) is 25.0 Å². The first-order chi connectivity index (χ1) is 13.0. The van der Waals surface area contributed by atoms with Crippen molar-refractivity contribution in [3.05, 3.63) is 47.0 Å². The van der Waals surface area contributed by atoms with Gasteiger partial charge in [-0.1, -0.05) is 19.9 Å². The summed E-state index contributed by atoms with van der Waals surface area (Å²) >= 11 is 0. The molecule has 2 aromatic rings. The van der Waals surface area contributed by atoms with E-state index in [2.05, 4.69) is 15.2 Å². The maximum Gasteiger partial charge on any atom is 0.232 e. The molecule has 1 fully saturated rings. The van der Waals surface area contributed by atoms with E-state index in [9.17, 15) is 14.0 Å². The third kappa shape index (κ3) is 4.64. The number of benzene rings is 1. The van der Waals surface area contributed by atoms with E-state index in [-0.39, 0.29) is 11.7 Å². The number of anilines is 1. The van der Waals surface area contributed by atoms with E-state index in [0.29, 0.717) is 36.2 Å². The first-order valence-electron chi connectivity index (χ1n) is 9.30. The molecule has 2 heterocycles. The van der Waals surface area contributed by atoms with Gasteiger partial charge in [0.1, 0.15) is 17.7 Å². The molecule has 0 saturated carbocycles. The molecule has 0 radical (unpaired) electrons. The average Bonchev–Trinajstić information content (AvgIpc) is 3.26. The van der Waals surface area contributed by atoms with E-state index in [0.717, 1.165) is 32.0 Å². The van der Waals surface area contributed by atoms with Crippen molar-refractivity contribution in [1.29, 1.82) is 5.26 Å². The number of nitriles is 1. The average molecular weight is 374 g/mol.